The second-order valence-electron chi connectivity index (χ2n) is 9.36. The lowest BCUT2D eigenvalue weighted by atomic mass is 9.87. The number of piperazine rings is 1. The van der Waals surface area contributed by atoms with Crippen molar-refractivity contribution in [1.82, 2.24) is 29.6 Å². The predicted octanol–water partition coefficient (Wildman–Crippen LogP) is 2.88. The van der Waals surface area contributed by atoms with Crippen LogP contribution < -0.4 is 10.6 Å². The van der Waals surface area contributed by atoms with E-state index in [2.05, 4.69) is 29.9 Å². The molecular weight excluding hydrogens is 490 g/mol. The van der Waals surface area contributed by atoms with E-state index in [1.807, 2.05) is 30.4 Å². The van der Waals surface area contributed by atoms with Crippen LogP contribution in [0, 0.1) is 17.0 Å². The highest BCUT2D eigenvalue weighted by atomic mass is 19.1. The van der Waals surface area contributed by atoms with E-state index in [0.717, 1.165) is 29.2 Å². The van der Waals surface area contributed by atoms with Crippen molar-refractivity contribution < 1.29 is 8.78 Å². The number of aromatic amines is 1. The second-order valence-corrected chi connectivity index (χ2v) is 9.36. The molecule has 12 heteroatoms. The molecule has 1 aliphatic rings. The number of aliphatic imine (C=N–C) groups is 1. The summed E-state index contributed by atoms with van der Waals surface area (Å²) in [4.78, 5) is 20.7. The van der Waals surface area contributed by atoms with Gasteiger partial charge in [-0.1, -0.05) is 6.07 Å². The Hall–Kier alpha value is -4.45. The summed E-state index contributed by atoms with van der Waals surface area (Å²) in [7, 11) is 1.87. The largest absolute Gasteiger partial charge is 0.358 e. The Morgan fingerprint density at radius 2 is 1.84 bits per heavy atom. The molecule has 0 spiro atoms. The van der Waals surface area contributed by atoms with Gasteiger partial charge >= 0.3 is 0 Å². The van der Waals surface area contributed by atoms with Gasteiger partial charge in [-0.25, -0.2) is 23.7 Å². The summed E-state index contributed by atoms with van der Waals surface area (Å²) in [5.41, 5.74) is 8.67. The smallest absolute Gasteiger partial charge is 0.225 e. The Bertz CT molecular complexity index is 1460. The number of nitrogens with two attached hydrogens (primary N) is 1. The molecule has 0 unspecified atom stereocenters. The summed E-state index contributed by atoms with van der Waals surface area (Å²) in [6, 6.07) is 5.34. The minimum absolute atomic E-state index is 0.165. The van der Waals surface area contributed by atoms with Crippen molar-refractivity contribution in [3.05, 3.63) is 83.7 Å². The van der Waals surface area contributed by atoms with Crippen LogP contribution in [0.1, 0.15) is 23.7 Å². The van der Waals surface area contributed by atoms with Crippen molar-refractivity contribution in [3.8, 4) is 11.1 Å². The zero-order chi connectivity index (χ0) is 26.9. The maximum Gasteiger partial charge on any atom is 0.225 e. The van der Waals surface area contributed by atoms with Crippen molar-refractivity contribution in [2.45, 2.75) is 12.5 Å². The molecule has 10 nitrogen and oxygen atoms in total. The van der Waals surface area contributed by atoms with E-state index in [1.165, 1.54) is 12.1 Å². The molecule has 196 valence electrons. The van der Waals surface area contributed by atoms with Gasteiger partial charge in [0.25, 0.3) is 0 Å². The first-order chi connectivity index (χ1) is 18.3. The van der Waals surface area contributed by atoms with E-state index in [9.17, 15) is 8.78 Å². The van der Waals surface area contributed by atoms with Crippen LogP contribution in [-0.2, 0) is 12.6 Å². The molecule has 5 rings (SSSR count). The van der Waals surface area contributed by atoms with Gasteiger partial charge in [0.1, 0.15) is 18.0 Å². The number of halogens is 2. The summed E-state index contributed by atoms with van der Waals surface area (Å²) >= 11 is 0. The number of anilines is 1. The number of aromatic nitrogens is 5. The average Bonchev–Trinajstić information content (AvgIpc) is 3.56. The van der Waals surface area contributed by atoms with Gasteiger partial charge < -0.3 is 20.5 Å². The predicted molar refractivity (Wildman–Crippen MR) is 141 cm³/mol. The average molecular weight is 519 g/mol. The molecule has 4 heterocycles. The van der Waals surface area contributed by atoms with Crippen LogP contribution in [0.2, 0.25) is 0 Å². The van der Waals surface area contributed by atoms with E-state index in [0.29, 0.717) is 43.5 Å². The number of nitrogens with zero attached hydrogens (tertiary/aromatic N) is 7. The summed E-state index contributed by atoms with van der Waals surface area (Å²) in [6.45, 7) is 4.21. The van der Waals surface area contributed by atoms with Crippen LogP contribution in [0.15, 0.2) is 60.2 Å². The molecule has 1 fully saturated rings. The Morgan fingerprint density at radius 1 is 1.11 bits per heavy atom. The van der Waals surface area contributed by atoms with Gasteiger partial charge in [0, 0.05) is 86.3 Å². The van der Waals surface area contributed by atoms with Gasteiger partial charge in [-0.2, -0.15) is 5.10 Å². The molecule has 1 saturated heterocycles. The van der Waals surface area contributed by atoms with Crippen molar-refractivity contribution >= 4 is 18.1 Å². The summed E-state index contributed by atoms with van der Waals surface area (Å²) in [6.07, 6.45) is 9.85. The molecule has 4 aromatic rings. The molecular formula is C26H28F2N10. The van der Waals surface area contributed by atoms with E-state index < -0.39 is 17.2 Å². The molecule has 1 aromatic carbocycles. The zero-order valence-electron chi connectivity index (χ0n) is 21.1. The third-order valence-electron chi connectivity index (χ3n) is 6.74. The lowest BCUT2D eigenvalue weighted by Gasteiger charge is -2.36. The van der Waals surface area contributed by atoms with Crippen molar-refractivity contribution in [2.75, 3.05) is 31.1 Å². The highest BCUT2D eigenvalue weighted by molar-refractivity contribution is 6.01. The Labute approximate surface area is 218 Å². The molecule has 0 bridgehead atoms. The van der Waals surface area contributed by atoms with E-state index in [4.69, 9.17) is 11.1 Å². The lowest BCUT2D eigenvalue weighted by molar-refractivity contribution is 0.383. The first-order valence-electron chi connectivity index (χ1n) is 12.1. The highest BCUT2D eigenvalue weighted by Gasteiger charge is 2.29. The first kappa shape index (κ1) is 25.2. The minimum Gasteiger partial charge on any atom is -0.358 e. The summed E-state index contributed by atoms with van der Waals surface area (Å²) in [5.74, 6) is -0.154. The normalized spacial score (nSPS) is 16.0. The van der Waals surface area contributed by atoms with Gasteiger partial charge in [0.2, 0.25) is 5.95 Å². The van der Waals surface area contributed by atoms with Crippen LogP contribution in [0.3, 0.4) is 0 Å². The molecule has 0 saturated carbocycles. The molecule has 0 radical (unpaired) electrons. The van der Waals surface area contributed by atoms with E-state index >= 15 is 0 Å². The third-order valence-corrected chi connectivity index (χ3v) is 6.74. The second kappa shape index (κ2) is 10.1. The topological polar surface area (TPSA) is 128 Å². The summed E-state index contributed by atoms with van der Waals surface area (Å²) < 4.78 is 29.5. The van der Waals surface area contributed by atoms with Crippen molar-refractivity contribution in [2.24, 2.45) is 17.8 Å². The van der Waals surface area contributed by atoms with E-state index in [-0.39, 0.29) is 5.56 Å². The van der Waals surface area contributed by atoms with Gasteiger partial charge in [0.15, 0.2) is 5.84 Å². The number of hydrogen-bond donors (Lipinski definition) is 3. The van der Waals surface area contributed by atoms with Crippen molar-refractivity contribution in [1.29, 1.82) is 5.41 Å². The van der Waals surface area contributed by atoms with Gasteiger partial charge in [-0.05, 0) is 19.1 Å². The molecule has 4 N–H and O–H groups in total. The van der Waals surface area contributed by atoms with Crippen LogP contribution >= 0.6 is 0 Å². The molecule has 1 atom stereocenters. The number of nitrogens with one attached hydrogen (secondary N) is 2. The fourth-order valence-electron chi connectivity index (χ4n) is 4.58. The van der Waals surface area contributed by atoms with Gasteiger partial charge in [-0.15, -0.1) is 0 Å². The number of aryl methyl sites for hydroxylation is 1. The number of benzene rings is 1. The zero-order valence-corrected chi connectivity index (χ0v) is 21.1. The minimum atomic E-state index is -1.22. The SMILES string of the molecule is Cn1cc(-c2c[nH]c(C(=NC=N)N3CCN(c4ncc([C@](C)(N)c5ccc(F)cc5F)cn4)CC3)c2)cn1. The van der Waals surface area contributed by atoms with Gasteiger partial charge in [-0.3, -0.25) is 10.1 Å². The first-order valence-corrected chi connectivity index (χ1v) is 12.1. The monoisotopic (exact) mass is 518 g/mol. The Morgan fingerprint density at radius 3 is 2.47 bits per heavy atom. The summed E-state index contributed by atoms with van der Waals surface area (Å²) in [5, 5.41) is 11.8. The van der Waals surface area contributed by atoms with Crippen LogP contribution in [0.4, 0.5) is 14.7 Å². The molecule has 0 aliphatic carbocycles. The van der Waals surface area contributed by atoms with Crippen LogP contribution in [0.5, 0.6) is 0 Å². The van der Waals surface area contributed by atoms with Gasteiger partial charge in [0.05, 0.1) is 17.4 Å². The fraction of sp³-hybridized carbons (Fsp3) is 0.269. The third kappa shape index (κ3) is 4.90. The Balaban J connectivity index is 1.27. The fourth-order valence-corrected chi connectivity index (χ4v) is 4.58. The lowest BCUT2D eigenvalue weighted by Crippen LogP contribution is -2.49. The quantitative estimate of drug-likeness (QED) is 0.266. The van der Waals surface area contributed by atoms with Crippen LogP contribution in [-0.4, -0.2) is 68.0 Å². The number of amidine groups is 1. The molecule has 0 amide bonds. The highest BCUT2D eigenvalue weighted by Crippen LogP contribution is 2.29. The van der Waals surface area contributed by atoms with Crippen LogP contribution in [0.25, 0.3) is 11.1 Å². The maximum absolute atomic E-state index is 14.4. The number of H-pyrrole nitrogens is 1. The molecule has 38 heavy (non-hydrogen) atoms. The number of rotatable bonds is 6. The van der Waals surface area contributed by atoms with E-state index in [1.54, 1.807) is 30.2 Å². The molecule has 1 aliphatic heterocycles. The molecule has 3 aromatic heterocycles. The van der Waals surface area contributed by atoms with Crippen molar-refractivity contribution in [3.63, 3.8) is 0 Å². The Kier molecular flexibility index (Phi) is 6.72. The number of hydrogen-bond acceptors (Lipinski definition) is 6. The maximum atomic E-state index is 14.4. The standard InChI is InChI=1S/C26H28F2N10/c1-26(30,21-4-3-20(27)10-22(21)28)19-13-32-25(33-14-19)38-7-5-37(6-8-38)24(34-16-29)23-9-17(11-31-23)18-12-35-36(2)15-18/h3-4,9-16,29,31H,5-8,30H2,1-2H3/t26-/m0/s1.